The first kappa shape index (κ1) is 19.8. The number of carbonyl (C=O) groups excluding carboxylic acids is 4. The second-order valence-corrected chi connectivity index (χ2v) is 7.37. The molecule has 1 aromatic rings. The summed E-state index contributed by atoms with van der Waals surface area (Å²) in [6.45, 7) is 3.57. The molecule has 1 aromatic carbocycles. The number of hydrogen-bond acceptors (Lipinski definition) is 5. The van der Waals surface area contributed by atoms with Crippen molar-refractivity contribution in [2.75, 3.05) is 30.4 Å². The van der Waals surface area contributed by atoms with E-state index >= 15 is 0 Å². The zero-order valence-corrected chi connectivity index (χ0v) is 15.7. The molecular weight excluding hydrogens is 356 g/mol. The molecule has 1 heterocycles. The summed E-state index contributed by atoms with van der Waals surface area (Å²) in [5.74, 6) is 0.0220. The van der Waals surface area contributed by atoms with Gasteiger partial charge in [-0.15, -0.1) is 0 Å². The predicted molar refractivity (Wildman–Crippen MR) is 100 cm³/mol. The minimum atomic E-state index is -0.875. The molecule has 1 aliphatic heterocycles. The van der Waals surface area contributed by atoms with Crippen molar-refractivity contribution in [3.05, 3.63) is 29.8 Å². The van der Waals surface area contributed by atoms with Gasteiger partial charge >= 0.3 is 6.03 Å². The number of benzene rings is 1. The fourth-order valence-corrected chi connectivity index (χ4v) is 3.10. The Balaban J connectivity index is 1.73. The highest BCUT2D eigenvalue weighted by molar-refractivity contribution is 7.99. The molecule has 1 fully saturated rings. The summed E-state index contributed by atoms with van der Waals surface area (Å²) in [5, 5.41) is 7.87. The van der Waals surface area contributed by atoms with Gasteiger partial charge in [-0.2, -0.15) is 11.8 Å². The molecule has 140 valence electrons. The zero-order chi connectivity index (χ0) is 19.3. The molecule has 0 radical (unpaired) electrons. The van der Waals surface area contributed by atoms with Gasteiger partial charge in [-0.3, -0.25) is 19.3 Å². The highest BCUT2D eigenvalue weighted by Gasteiger charge is 2.43. The molecule has 2 rings (SSSR count). The van der Waals surface area contributed by atoms with Crippen LogP contribution in [0.15, 0.2) is 24.3 Å². The molecule has 5 amide bonds. The first-order valence-electron chi connectivity index (χ1n) is 8.08. The van der Waals surface area contributed by atoms with E-state index in [0.29, 0.717) is 17.0 Å². The van der Waals surface area contributed by atoms with Crippen LogP contribution in [0, 0.1) is 0 Å². The van der Waals surface area contributed by atoms with E-state index < -0.39 is 11.6 Å². The van der Waals surface area contributed by atoms with Crippen LogP contribution in [0.1, 0.15) is 24.2 Å². The monoisotopic (exact) mass is 378 g/mol. The number of urea groups is 1. The van der Waals surface area contributed by atoms with Gasteiger partial charge in [0.2, 0.25) is 5.91 Å². The normalized spacial score (nSPS) is 15.6. The van der Waals surface area contributed by atoms with Gasteiger partial charge in [0.05, 0.1) is 5.75 Å². The van der Waals surface area contributed by atoms with Crippen molar-refractivity contribution in [2.24, 2.45) is 0 Å². The molecular formula is C17H22N4O4S. The minimum Gasteiger partial charge on any atom is -0.355 e. The Labute approximate surface area is 156 Å². The van der Waals surface area contributed by atoms with Crippen LogP contribution in [0.5, 0.6) is 0 Å². The van der Waals surface area contributed by atoms with Gasteiger partial charge in [-0.1, -0.05) is 0 Å². The zero-order valence-electron chi connectivity index (χ0n) is 14.9. The molecule has 0 aliphatic carbocycles. The molecule has 8 nitrogen and oxygen atoms in total. The maximum atomic E-state index is 12.0. The molecule has 1 saturated heterocycles. The maximum Gasteiger partial charge on any atom is 0.325 e. The maximum absolute atomic E-state index is 12.0. The SMILES string of the molecule is CNC(=O)c1ccc(NC(=O)CSCCN2C(=O)NC(C)(C)C2=O)cc1. The van der Waals surface area contributed by atoms with Gasteiger partial charge < -0.3 is 16.0 Å². The predicted octanol–water partition coefficient (Wildman–Crippen LogP) is 1.05. The van der Waals surface area contributed by atoms with E-state index in [-0.39, 0.29) is 30.0 Å². The third-order valence-corrected chi connectivity index (χ3v) is 4.73. The molecule has 0 bridgehead atoms. The van der Waals surface area contributed by atoms with Gasteiger partial charge in [0, 0.05) is 30.6 Å². The third-order valence-electron chi connectivity index (χ3n) is 3.79. The third kappa shape index (κ3) is 4.75. The second-order valence-electron chi connectivity index (χ2n) is 6.27. The lowest BCUT2D eigenvalue weighted by atomic mass is 10.1. The van der Waals surface area contributed by atoms with Crippen LogP contribution < -0.4 is 16.0 Å². The van der Waals surface area contributed by atoms with E-state index in [2.05, 4.69) is 16.0 Å². The number of rotatable bonds is 7. The highest BCUT2D eigenvalue weighted by atomic mass is 32.2. The van der Waals surface area contributed by atoms with Crippen molar-refractivity contribution in [3.63, 3.8) is 0 Å². The number of nitrogens with one attached hydrogen (secondary N) is 3. The van der Waals surface area contributed by atoms with Crippen molar-refractivity contribution in [1.82, 2.24) is 15.5 Å². The Kier molecular flexibility index (Phi) is 6.25. The Bertz CT molecular complexity index is 718. The van der Waals surface area contributed by atoms with Crippen LogP contribution in [0.2, 0.25) is 0 Å². The number of nitrogens with zero attached hydrogens (tertiary/aromatic N) is 1. The minimum absolute atomic E-state index is 0.192. The van der Waals surface area contributed by atoms with Gasteiger partial charge in [0.15, 0.2) is 0 Å². The number of amides is 5. The molecule has 0 unspecified atom stereocenters. The average molecular weight is 378 g/mol. The van der Waals surface area contributed by atoms with E-state index in [1.54, 1.807) is 45.2 Å². The van der Waals surface area contributed by atoms with Crippen molar-refractivity contribution in [2.45, 2.75) is 19.4 Å². The van der Waals surface area contributed by atoms with Crippen LogP contribution >= 0.6 is 11.8 Å². The summed E-state index contributed by atoms with van der Waals surface area (Å²) >= 11 is 1.33. The second kappa shape index (κ2) is 8.22. The smallest absolute Gasteiger partial charge is 0.325 e. The summed E-state index contributed by atoms with van der Waals surface area (Å²) in [7, 11) is 1.55. The highest BCUT2D eigenvalue weighted by Crippen LogP contribution is 2.17. The summed E-state index contributed by atoms with van der Waals surface area (Å²) < 4.78 is 0. The molecule has 0 atom stereocenters. The molecule has 0 spiro atoms. The Morgan fingerprint density at radius 2 is 1.85 bits per heavy atom. The Morgan fingerprint density at radius 1 is 1.19 bits per heavy atom. The van der Waals surface area contributed by atoms with Crippen molar-refractivity contribution >= 4 is 41.2 Å². The summed E-state index contributed by atoms with van der Waals surface area (Å²) in [6, 6.07) is 6.16. The number of imide groups is 1. The number of anilines is 1. The van der Waals surface area contributed by atoms with E-state index in [1.165, 1.54) is 16.7 Å². The molecule has 1 aliphatic rings. The van der Waals surface area contributed by atoms with Gasteiger partial charge in [-0.05, 0) is 38.1 Å². The average Bonchev–Trinajstić information content (AvgIpc) is 2.79. The first-order valence-corrected chi connectivity index (χ1v) is 9.24. The summed E-state index contributed by atoms with van der Waals surface area (Å²) in [4.78, 5) is 48.3. The fourth-order valence-electron chi connectivity index (χ4n) is 2.39. The van der Waals surface area contributed by atoms with Crippen molar-refractivity contribution < 1.29 is 19.2 Å². The van der Waals surface area contributed by atoms with E-state index in [4.69, 9.17) is 0 Å². The number of hydrogen-bond donors (Lipinski definition) is 3. The van der Waals surface area contributed by atoms with Gasteiger partial charge in [-0.25, -0.2) is 4.79 Å². The van der Waals surface area contributed by atoms with Crippen LogP contribution in [0.25, 0.3) is 0 Å². The largest absolute Gasteiger partial charge is 0.355 e. The van der Waals surface area contributed by atoms with E-state index in [9.17, 15) is 19.2 Å². The number of thioether (sulfide) groups is 1. The lowest BCUT2D eigenvalue weighted by Gasteiger charge is -2.15. The van der Waals surface area contributed by atoms with Crippen LogP contribution in [-0.2, 0) is 9.59 Å². The van der Waals surface area contributed by atoms with E-state index in [1.807, 2.05) is 0 Å². The Hall–Kier alpha value is -2.55. The lowest BCUT2D eigenvalue weighted by molar-refractivity contribution is -0.130. The summed E-state index contributed by atoms with van der Waals surface area (Å²) in [6.07, 6.45) is 0. The van der Waals surface area contributed by atoms with Gasteiger partial charge in [0.25, 0.3) is 11.8 Å². The van der Waals surface area contributed by atoms with Crippen molar-refractivity contribution in [1.29, 1.82) is 0 Å². The summed E-state index contributed by atoms with van der Waals surface area (Å²) in [5.41, 5.74) is 0.232. The standard InChI is InChI=1S/C17H22N4O4S/c1-17(2)15(24)21(16(25)20-17)8-9-26-10-13(22)19-12-6-4-11(5-7-12)14(23)18-3/h4-7H,8-10H2,1-3H3,(H,18,23)(H,19,22)(H,20,25). The van der Waals surface area contributed by atoms with Crippen molar-refractivity contribution in [3.8, 4) is 0 Å². The molecule has 0 saturated carbocycles. The molecule has 3 N–H and O–H groups in total. The quantitative estimate of drug-likeness (QED) is 0.486. The number of carbonyl (C=O) groups is 4. The molecule has 9 heteroatoms. The lowest BCUT2D eigenvalue weighted by Crippen LogP contribution is -2.40. The topological polar surface area (TPSA) is 108 Å². The molecule has 26 heavy (non-hydrogen) atoms. The van der Waals surface area contributed by atoms with E-state index in [0.717, 1.165) is 0 Å². The van der Waals surface area contributed by atoms with Crippen LogP contribution in [0.4, 0.5) is 10.5 Å². The fraction of sp³-hybridized carbons (Fsp3) is 0.412. The Morgan fingerprint density at radius 3 is 2.38 bits per heavy atom. The molecule has 0 aromatic heterocycles. The van der Waals surface area contributed by atoms with Gasteiger partial charge in [0.1, 0.15) is 5.54 Å². The van der Waals surface area contributed by atoms with Crippen LogP contribution in [-0.4, -0.2) is 59.3 Å². The van der Waals surface area contributed by atoms with Crippen LogP contribution in [0.3, 0.4) is 0 Å². The first-order chi connectivity index (χ1) is 12.2.